The van der Waals surface area contributed by atoms with E-state index in [2.05, 4.69) is 12.2 Å². The zero-order valence-electron chi connectivity index (χ0n) is 16.9. The highest BCUT2D eigenvalue weighted by atomic mass is 16.5. The van der Waals surface area contributed by atoms with Gasteiger partial charge in [-0.3, -0.25) is 9.59 Å². The standard InChI is InChI=1S/C23H31NO4/c1-3-16-4-6-19(7-5-16)24-21(26)15(2)28-20(25)13-22-9-17-8-18(10-22)12-23(27,11-17)14-22/h4-7,15,17-18,27H,3,8-14H2,1-2H3,(H,24,26)/t15-,17-,18+,22?,23?/m1/s1. The Morgan fingerprint density at radius 1 is 1.18 bits per heavy atom. The Balaban J connectivity index is 1.32. The second kappa shape index (κ2) is 7.18. The molecule has 0 aliphatic heterocycles. The quantitative estimate of drug-likeness (QED) is 0.730. The fourth-order valence-corrected chi connectivity index (χ4v) is 6.27. The van der Waals surface area contributed by atoms with Crippen molar-refractivity contribution in [1.29, 1.82) is 0 Å². The molecule has 2 N–H and O–H groups in total. The van der Waals surface area contributed by atoms with Crippen molar-refractivity contribution in [2.45, 2.75) is 76.9 Å². The molecule has 5 heteroatoms. The number of hydrogen-bond acceptors (Lipinski definition) is 4. The van der Waals surface area contributed by atoms with Crippen LogP contribution in [0.4, 0.5) is 5.69 Å². The summed E-state index contributed by atoms with van der Waals surface area (Å²) in [4.78, 5) is 25.0. The van der Waals surface area contributed by atoms with E-state index in [1.807, 2.05) is 24.3 Å². The first-order valence-electron chi connectivity index (χ1n) is 10.6. The summed E-state index contributed by atoms with van der Waals surface area (Å²) in [7, 11) is 0. The summed E-state index contributed by atoms with van der Waals surface area (Å²) in [5.41, 5.74) is 1.18. The third-order valence-corrected chi connectivity index (χ3v) is 6.98. The van der Waals surface area contributed by atoms with Crippen LogP contribution in [0.2, 0.25) is 0 Å². The van der Waals surface area contributed by atoms with Gasteiger partial charge in [0.15, 0.2) is 6.10 Å². The molecule has 28 heavy (non-hydrogen) atoms. The van der Waals surface area contributed by atoms with Crippen LogP contribution in [0.1, 0.15) is 64.4 Å². The molecule has 0 radical (unpaired) electrons. The van der Waals surface area contributed by atoms with E-state index in [1.165, 1.54) is 12.0 Å². The number of esters is 1. The second-order valence-corrected chi connectivity index (χ2v) is 9.53. The molecule has 5 nitrogen and oxygen atoms in total. The summed E-state index contributed by atoms with van der Waals surface area (Å²) in [6, 6.07) is 7.68. The molecule has 0 aromatic heterocycles. The molecule has 152 valence electrons. The summed E-state index contributed by atoms with van der Waals surface area (Å²) in [5.74, 6) is 0.424. The molecule has 0 heterocycles. The molecule has 0 spiro atoms. The van der Waals surface area contributed by atoms with Crippen LogP contribution >= 0.6 is 0 Å². The van der Waals surface area contributed by atoms with Crippen LogP contribution < -0.4 is 5.32 Å². The third-order valence-electron chi connectivity index (χ3n) is 6.98. The number of carbonyl (C=O) groups is 2. The SMILES string of the molecule is CCc1ccc(NC(=O)[C@@H](C)OC(=O)CC23C[C@@H]4C[C@@H](CC(O)(C4)C2)C3)cc1. The van der Waals surface area contributed by atoms with Gasteiger partial charge in [0, 0.05) is 5.69 Å². The molecule has 4 bridgehead atoms. The van der Waals surface area contributed by atoms with Gasteiger partial charge in [0.05, 0.1) is 12.0 Å². The highest BCUT2D eigenvalue weighted by molar-refractivity contribution is 5.95. The summed E-state index contributed by atoms with van der Waals surface area (Å²) in [5, 5.41) is 13.6. The number of ether oxygens (including phenoxy) is 1. The number of carbonyl (C=O) groups excluding carboxylic acids is 2. The predicted octanol–water partition coefficient (Wildman–Crippen LogP) is 3.84. The lowest BCUT2D eigenvalue weighted by Crippen LogP contribution is -2.56. The number of anilines is 1. The van der Waals surface area contributed by atoms with Crippen molar-refractivity contribution >= 4 is 17.6 Å². The van der Waals surface area contributed by atoms with Gasteiger partial charge in [-0.05, 0) is 86.8 Å². The smallest absolute Gasteiger partial charge is 0.307 e. The molecular formula is C23H31NO4. The van der Waals surface area contributed by atoms with E-state index in [4.69, 9.17) is 4.74 Å². The third kappa shape index (κ3) is 3.95. The van der Waals surface area contributed by atoms with Crippen molar-refractivity contribution in [2.75, 3.05) is 5.32 Å². The van der Waals surface area contributed by atoms with Crippen molar-refractivity contribution in [3.05, 3.63) is 29.8 Å². The lowest BCUT2D eigenvalue weighted by atomic mass is 9.47. The highest BCUT2D eigenvalue weighted by Crippen LogP contribution is 2.62. The van der Waals surface area contributed by atoms with Gasteiger partial charge in [-0.2, -0.15) is 0 Å². The van der Waals surface area contributed by atoms with Gasteiger partial charge in [0.25, 0.3) is 5.91 Å². The van der Waals surface area contributed by atoms with Crippen LogP contribution in [0, 0.1) is 17.3 Å². The van der Waals surface area contributed by atoms with Crippen molar-refractivity contribution in [3.8, 4) is 0 Å². The molecule has 2 unspecified atom stereocenters. The van der Waals surface area contributed by atoms with Crippen molar-refractivity contribution in [1.82, 2.24) is 0 Å². The van der Waals surface area contributed by atoms with Gasteiger partial charge in [0.2, 0.25) is 0 Å². The number of nitrogens with one attached hydrogen (secondary N) is 1. The number of amides is 1. The van der Waals surface area contributed by atoms with E-state index in [9.17, 15) is 14.7 Å². The normalized spacial score (nSPS) is 34.1. The summed E-state index contributed by atoms with van der Waals surface area (Å²) < 4.78 is 5.47. The lowest BCUT2D eigenvalue weighted by molar-refractivity contribution is -0.179. The molecule has 1 amide bonds. The minimum atomic E-state index is -0.838. The fraction of sp³-hybridized carbons (Fsp3) is 0.652. The van der Waals surface area contributed by atoms with E-state index in [1.54, 1.807) is 6.92 Å². The fourth-order valence-electron chi connectivity index (χ4n) is 6.27. The van der Waals surface area contributed by atoms with E-state index >= 15 is 0 Å². The monoisotopic (exact) mass is 385 g/mol. The maximum Gasteiger partial charge on any atom is 0.307 e. The van der Waals surface area contributed by atoms with E-state index < -0.39 is 11.7 Å². The number of rotatable bonds is 6. The number of aliphatic hydroxyl groups is 1. The van der Waals surface area contributed by atoms with Gasteiger partial charge < -0.3 is 15.2 Å². The number of hydrogen-bond donors (Lipinski definition) is 2. The van der Waals surface area contributed by atoms with Gasteiger partial charge in [-0.1, -0.05) is 19.1 Å². The first-order chi connectivity index (χ1) is 13.3. The predicted molar refractivity (Wildman–Crippen MR) is 107 cm³/mol. The molecule has 4 fully saturated rings. The topological polar surface area (TPSA) is 75.6 Å². The Kier molecular flexibility index (Phi) is 4.98. The molecule has 1 aromatic rings. The van der Waals surface area contributed by atoms with Crippen LogP contribution in [0.25, 0.3) is 0 Å². The Morgan fingerprint density at radius 2 is 1.82 bits per heavy atom. The first kappa shape index (κ1) is 19.4. The van der Waals surface area contributed by atoms with Crippen LogP contribution in [0.3, 0.4) is 0 Å². The van der Waals surface area contributed by atoms with E-state index in [-0.39, 0.29) is 17.3 Å². The van der Waals surface area contributed by atoms with Crippen LogP contribution in [-0.4, -0.2) is 28.7 Å². The van der Waals surface area contributed by atoms with Crippen LogP contribution in [-0.2, 0) is 20.7 Å². The van der Waals surface area contributed by atoms with E-state index in [0.29, 0.717) is 30.4 Å². The summed E-state index contributed by atoms with van der Waals surface area (Å²) >= 11 is 0. The number of benzene rings is 1. The van der Waals surface area contributed by atoms with Crippen LogP contribution in [0.5, 0.6) is 0 Å². The van der Waals surface area contributed by atoms with Gasteiger partial charge in [-0.25, -0.2) is 0 Å². The zero-order valence-corrected chi connectivity index (χ0v) is 16.9. The molecule has 4 saturated carbocycles. The van der Waals surface area contributed by atoms with Gasteiger partial charge >= 0.3 is 5.97 Å². The zero-order chi connectivity index (χ0) is 19.9. The molecule has 1 aromatic carbocycles. The van der Waals surface area contributed by atoms with Crippen molar-refractivity contribution in [2.24, 2.45) is 17.3 Å². The Bertz CT molecular complexity index is 742. The molecule has 4 aliphatic rings. The lowest BCUT2D eigenvalue weighted by Gasteiger charge is -2.60. The summed E-state index contributed by atoms with van der Waals surface area (Å²) in [6.07, 6.45) is 6.09. The molecule has 0 saturated heterocycles. The van der Waals surface area contributed by atoms with Gasteiger partial charge in [-0.15, -0.1) is 0 Å². The Hall–Kier alpha value is -1.88. The maximum absolute atomic E-state index is 12.6. The minimum absolute atomic E-state index is 0.137. The average Bonchev–Trinajstić information content (AvgIpc) is 2.59. The Morgan fingerprint density at radius 3 is 2.39 bits per heavy atom. The average molecular weight is 386 g/mol. The second-order valence-electron chi connectivity index (χ2n) is 9.53. The van der Waals surface area contributed by atoms with Crippen molar-refractivity contribution in [3.63, 3.8) is 0 Å². The number of aryl methyl sites for hydroxylation is 1. The van der Waals surface area contributed by atoms with Gasteiger partial charge in [0.1, 0.15) is 0 Å². The van der Waals surface area contributed by atoms with Crippen molar-refractivity contribution < 1.29 is 19.4 Å². The highest BCUT2D eigenvalue weighted by Gasteiger charge is 2.57. The largest absolute Gasteiger partial charge is 0.453 e. The van der Waals surface area contributed by atoms with Crippen LogP contribution in [0.15, 0.2) is 24.3 Å². The molecular weight excluding hydrogens is 354 g/mol. The first-order valence-corrected chi connectivity index (χ1v) is 10.6. The van der Waals surface area contributed by atoms with E-state index in [0.717, 1.165) is 32.1 Å². The minimum Gasteiger partial charge on any atom is -0.453 e. The maximum atomic E-state index is 12.6. The molecule has 5 rings (SSSR count). The molecule has 5 atom stereocenters. The Labute approximate surface area is 166 Å². The molecule has 4 aliphatic carbocycles. The summed E-state index contributed by atoms with van der Waals surface area (Å²) in [6.45, 7) is 3.69.